The lowest BCUT2D eigenvalue weighted by Gasteiger charge is -2.36. The van der Waals surface area contributed by atoms with Crippen LogP contribution in [0.15, 0.2) is 36.4 Å². The molecule has 0 radical (unpaired) electrons. The van der Waals surface area contributed by atoms with Crippen LogP contribution in [0.5, 0.6) is 5.75 Å². The van der Waals surface area contributed by atoms with Crippen LogP contribution in [0, 0.1) is 0 Å². The van der Waals surface area contributed by atoms with E-state index < -0.39 is 0 Å². The Morgan fingerprint density at radius 2 is 1.82 bits per heavy atom. The van der Waals surface area contributed by atoms with Gasteiger partial charge in [0.25, 0.3) is 0 Å². The van der Waals surface area contributed by atoms with E-state index in [1.165, 1.54) is 16.8 Å². The molecule has 3 aliphatic heterocycles. The van der Waals surface area contributed by atoms with Gasteiger partial charge in [0.2, 0.25) is 11.8 Å². The number of benzene rings is 2. The van der Waals surface area contributed by atoms with Crippen LogP contribution in [0.2, 0.25) is 0 Å². The monoisotopic (exact) mass is 448 g/mol. The molecular weight excluding hydrogens is 416 g/mol. The van der Waals surface area contributed by atoms with Gasteiger partial charge in [-0.1, -0.05) is 13.0 Å². The summed E-state index contributed by atoms with van der Waals surface area (Å²) < 4.78 is 5.97. The second kappa shape index (κ2) is 9.43. The molecule has 1 saturated heterocycles. The summed E-state index contributed by atoms with van der Waals surface area (Å²) in [6, 6.07) is 12.5. The summed E-state index contributed by atoms with van der Waals surface area (Å²) in [6.07, 6.45) is 2.85. The third-order valence-electron chi connectivity index (χ3n) is 6.95. The zero-order valence-electron chi connectivity index (χ0n) is 19.3. The molecule has 0 aromatic heterocycles. The maximum absolute atomic E-state index is 12.1. The van der Waals surface area contributed by atoms with Gasteiger partial charge in [0.15, 0.2) is 0 Å². The summed E-state index contributed by atoms with van der Waals surface area (Å²) in [5, 5.41) is 2.93. The number of ether oxygens (including phenoxy) is 1. The van der Waals surface area contributed by atoms with Crippen LogP contribution >= 0.6 is 0 Å². The average molecular weight is 449 g/mol. The first-order valence-electron chi connectivity index (χ1n) is 12.1. The quantitative estimate of drug-likeness (QED) is 0.736. The molecule has 5 rings (SSSR count). The summed E-state index contributed by atoms with van der Waals surface area (Å²) >= 11 is 0. The average Bonchev–Trinajstić information content (AvgIpc) is 3.27. The number of amides is 2. The number of nitrogens with zero attached hydrogens (tertiary/aromatic N) is 3. The first-order chi connectivity index (χ1) is 16.1. The van der Waals surface area contributed by atoms with Gasteiger partial charge in [-0.3, -0.25) is 14.5 Å². The minimum atomic E-state index is 0.0765. The van der Waals surface area contributed by atoms with Gasteiger partial charge >= 0.3 is 0 Å². The lowest BCUT2D eigenvalue weighted by Crippen LogP contribution is -2.47. The number of anilines is 3. The van der Waals surface area contributed by atoms with Crippen LogP contribution in [-0.4, -0.2) is 62.6 Å². The van der Waals surface area contributed by atoms with Gasteiger partial charge in [-0.05, 0) is 48.2 Å². The van der Waals surface area contributed by atoms with Gasteiger partial charge < -0.3 is 19.9 Å². The van der Waals surface area contributed by atoms with E-state index in [2.05, 4.69) is 39.4 Å². The molecule has 2 amide bonds. The first-order valence-corrected chi connectivity index (χ1v) is 12.1. The second-order valence-corrected chi connectivity index (χ2v) is 9.01. The third-order valence-corrected chi connectivity index (χ3v) is 6.95. The highest BCUT2D eigenvalue weighted by molar-refractivity contribution is 5.95. The molecule has 1 fully saturated rings. The van der Waals surface area contributed by atoms with E-state index in [0.29, 0.717) is 19.4 Å². The van der Waals surface area contributed by atoms with E-state index in [1.54, 1.807) is 0 Å². The SMILES string of the molecule is CCC(=O)N1CCc2cc(N3CCN(CCOc4ccc5c(c4)NC(=O)CC5)CC3)ccc21. The van der Waals surface area contributed by atoms with E-state index in [1.807, 2.05) is 24.0 Å². The molecule has 0 unspecified atom stereocenters. The van der Waals surface area contributed by atoms with E-state index in [9.17, 15) is 9.59 Å². The van der Waals surface area contributed by atoms with E-state index in [-0.39, 0.29) is 11.8 Å². The van der Waals surface area contributed by atoms with Crippen molar-refractivity contribution < 1.29 is 14.3 Å². The predicted molar refractivity (Wildman–Crippen MR) is 130 cm³/mol. The highest BCUT2D eigenvalue weighted by Crippen LogP contribution is 2.32. The standard InChI is InChI=1S/C26H32N4O3/c1-2-26(32)30-10-9-20-17-21(5-7-24(20)30)29-13-11-28(12-14-29)15-16-33-22-6-3-19-4-8-25(31)27-23(19)18-22/h3,5-7,17-18H,2,4,8-16H2,1H3,(H,27,31). The van der Waals surface area contributed by atoms with Crippen molar-refractivity contribution >= 4 is 28.9 Å². The minimum Gasteiger partial charge on any atom is -0.492 e. The first kappa shape index (κ1) is 21.8. The van der Waals surface area contributed by atoms with Crippen molar-refractivity contribution in [3.05, 3.63) is 47.5 Å². The Morgan fingerprint density at radius 3 is 2.64 bits per heavy atom. The van der Waals surface area contributed by atoms with Crippen LogP contribution in [0.25, 0.3) is 0 Å². The molecule has 174 valence electrons. The van der Waals surface area contributed by atoms with Crippen LogP contribution in [0.3, 0.4) is 0 Å². The Labute approximate surface area is 195 Å². The number of hydrogen-bond acceptors (Lipinski definition) is 5. The molecule has 0 atom stereocenters. The Morgan fingerprint density at radius 1 is 0.970 bits per heavy atom. The highest BCUT2D eigenvalue weighted by atomic mass is 16.5. The molecular formula is C26H32N4O3. The topological polar surface area (TPSA) is 65.1 Å². The summed E-state index contributed by atoms with van der Waals surface area (Å²) in [5.74, 6) is 1.09. The summed E-state index contributed by atoms with van der Waals surface area (Å²) in [4.78, 5) is 30.6. The van der Waals surface area contributed by atoms with Gasteiger partial charge in [-0.25, -0.2) is 0 Å². The molecule has 0 saturated carbocycles. The molecule has 33 heavy (non-hydrogen) atoms. The fourth-order valence-corrected chi connectivity index (χ4v) is 5.00. The smallest absolute Gasteiger partial charge is 0.226 e. The number of carbonyl (C=O) groups is 2. The molecule has 3 heterocycles. The van der Waals surface area contributed by atoms with Crippen molar-refractivity contribution in [3.8, 4) is 5.75 Å². The number of fused-ring (bicyclic) bond motifs is 2. The number of aryl methyl sites for hydroxylation is 1. The summed E-state index contributed by atoms with van der Waals surface area (Å²) in [6.45, 7) is 8.22. The van der Waals surface area contributed by atoms with Crippen molar-refractivity contribution in [1.29, 1.82) is 0 Å². The largest absolute Gasteiger partial charge is 0.492 e. The molecule has 7 nitrogen and oxygen atoms in total. The van der Waals surface area contributed by atoms with Crippen molar-refractivity contribution in [1.82, 2.24) is 4.90 Å². The zero-order chi connectivity index (χ0) is 22.8. The number of nitrogens with one attached hydrogen (secondary N) is 1. The van der Waals surface area contributed by atoms with E-state index in [4.69, 9.17) is 4.74 Å². The number of rotatable bonds is 6. The summed E-state index contributed by atoms with van der Waals surface area (Å²) in [7, 11) is 0. The fourth-order valence-electron chi connectivity index (χ4n) is 5.00. The number of piperazine rings is 1. The van der Waals surface area contributed by atoms with Gasteiger partial charge in [0, 0.05) is 75.2 Å². The Kier molecular flexibility index (Phi) is 6.22. The van der Waals surface area contributed by atoms with Crippen LogP contribution in [-0.2, 0) is 22.4 Å². The van der Waals surface area contributed by atoms with Crippen LogP contribution in [0.4, 0.5) is 17.1 Å². The lowest BCUT2D eigenvalue weighted by molar-refractivity contribution is -0.118. The Bertz CT molecular complexity index is 1050. The van der Waals surface area contributed by atoms with Gasteiger partial charge in [-0.15, -0.1) is 0 Å². The molecule has 0 spiro atoms. The van der Waals surface area contributed by atoms with Gasteiger partial charge in [0.05, 0.1) is 0 Å². The number of carbonyl (C=O) groups excluding carboxylic acids is 2. The van der Waals surface area contributed by atoms with Gasteiger partial charge in [-0.2, -0.15) is 0 Å². The molecule has 1 N–H and O–H groups in total. The third kappa shape index (κ3) is 4.69. The molecule has 2 aromatic carbocycles. The molecule has 3 aliphatic rings. The predicted octanol–water partition coefficient (Wildman–Crippen LogP) is 3.07. The molecule has 7 heteroatoms. The Balaban J connectivity index is 1.10. The lowest BCUT2D eigenvalue weighted by atomic mass is 10.0. The molecule has 0 aliphatic carbocycles. The summed E-state index contributed by atoms with van der Waals surface area (Å²) in [5.41, 5.74) is 5.68. The van der Waals surface area contributed by atoms with Crippen molar-refractivity contribution in [2.24, 2.45) is 0 Å². The normalized spacial score (nSPS) is 18.0. The molecule has 2 aromatic rings. The fraction of sp³-hybridized carbons (Fsp3) is 0.462. The molecule has 0 bridgehead atoms. The van der Waals surface area contributed by atoms with Gasteiger partial charge in [0.1, 0.15) is 12.4 Å². The van der Waals surface area contributed by atoms with E-state index >= 15 is 0 Å². The van der Waals surface area contributed by atoms with Crippen molar-refractivity contribution in [3.63, 3.8) is 0 Å². The minimum absolute atomic E-state index is 0.0765. The second-order valence-electron chi connectivity index (χ2n) is 9.01. The Hall–Kier alpha value is -3.06. The maximum Gasteiger partial charge on any atom is 0.226 e. The van der Waals surface area contributed by atoms with E-state index in [0.717, 1.165) is 69.2 Å². The highest BCUT2D eigenvalue weighted by Gasteiger charge is 2.25. The van der Waals surface area contributed by atoms with Crippen molar-refractivity contribution in [2.45, 2.75) is 32.6 Å². The number of hydrogen-bond donors (Lipinski definition) is 1. The van der Waals surface area contributed by atoms with Crippen LogP contribution < -0.4 is 19.9 Å². The zero-order valence-corrected chi connectivity index (χ0v) is 19.3. The maximum atomic E-state index is 12.1. The van der Waals surface area contributed by atoms with Crippen molar-refractivity contribution in [2.75, 3.05) is 61.0 Å². The van der Waals surface area contributed by atoms with Crippen LogP contribution in [0.1, 0.15) is 30.9 Å².